The molecule has 0 aliphatic heterocycles. The van der Waals surface area contributed by atoms with E-state index in [1.165, 1.54) is 0 Å². The number of hydrazine groups is 1. The number of benzene rings is 1. The predicted octanol–water partition coefficient (Wildman–Crippen LogP) is 0.325. The summed E-state index contributed by atoms with van der Waals surface area (Å²) in [5.41, 5.74) is 6.41. The average molecular weight is 182 g/mol. The Morgan fingerprint density at radius 3 is 2.85 bits per heavy atom. The molecule has 0 aliphatic carbocycles. The molecule has 0 heterocycles. The van der Waals surface area contributed by atoms with E-state index in [0.717, 1.165) is 5.56 Å². The molecule has 1 unspecified atom stereocenters. The van der Waals surface area contributed by atoms with E-state index in [1.54, 1.807) is 25.1 Å². The van der Waals surface area contributed by atoms with E-state index in [1.807, 2.05) is 6.07 Å². The van der Waals surface area contributed by atoms with E-state index in [-0.39, 0.29) is 5.75 Å². The van der Waals surface area contributed by atoms with Crippen molar-refractivity contribution in [2.24, 2.45) is 0 Å². The van der Waals surface area contributed by atoms with Gasteiger partial charge in [0.1, 0.15) is 12.0 Å². The monoisotopic (exact) mass is 182 g/mol. The first-order valence-corrected chi connectivity index (χ1v) is 4.13. The van der Waals surface area contributed by atoms with Gasteiger partial charge in [0.25, 0.3) is 0 Å². The number of aliphatic hydroxyl groups excluding tert-OH is 1. The van der Waals surface area contributed by atoms with Gasteiger partial charge in [0, 0.05) is 6.54 Å². The lowest BCUT2D eigenvalue weighted by Crippen LogP contribution is -2.38. The third-order valence-corrected chi connectivity index (χ3v) is 1.51. The second-order valence-corrected chi connectivity index (χ2v) is 2.84. The molecule has 0 aliphatic rings. The molecule has 1 rings (SSSR count). The molecule has 0 saturated carbocycles. The van der Waals surface area contributed by atoms with Gasteiger partial charge in [-0.25, -0.2) is 5.43 Å². The minimum absolute atomic E-state index is 0.247. The van der Waals surface area contributed by atoms with Crippen LogP contribution in [0.25, 0.3) is 0 Å². The van der Waals surface area contributed by atoms with Crippen LogP contribution < -0.4 is 10.9 Å². The summed E-state index contributed by atoms with van der Waals surface area (Å²) in [4.78, 5) is 0. The summed E-state index contributed by atoms with van der Waals surface area (Å²) >= 11 is 0. The van der Waals surface area contributed by atoms with E-state index in [4.69, 9.17) is 10.2 Å². The van der Waals surface area contributed by atoms with Crippen LogP contribution in [0.2, 0.25) is 0 Å². The van der Waals surface area contributed by atoms with Crippen LogP contribution in [0.15, 0.2) is 24.3 Å². The minimum Gasteiger partial charge on any atom is -0.508 e. The lowest BCUT2D eigenvalue weighted by atomic mass is 10.2. The number of phenols is 1. The third kappa shape index (κ3) is 3.89. The van der Waals surface area contributed by atoms with Gasteiger partial charge in [0.05, 0.1) is 0 Å². The van der Waals surface area contributed by atoms with Crippen LogP contribution in [0.3, 0.4) is 0 Å². The molecule has 0 radical (unpaired) electrons. The van der Waals surface area contributed by atoms with Gasteiger partial charge in [-0.2, -0.15) is 0 Å². The van der Waals surface area contributed by atoms with E-state index < -0.39 is 6.23 Å². The fourth-order valence-corrected chi connectivity index (χ4v) is 0.967. The van der Waals surface area contributed by atoms with Gasteiger partial charge >= 0.3 is 0 Å². The SMILES string of the molecule is CC(O)NNCc1cccc(O)c1. The maximum Gasteiger partial charge on any atom is 0.115 e. The van der Waals surface area contributed by atoms with Gasteiger partial charge in [-0.1, -0.05) is 12.1 Å². The summed E-state index contributed by atoms with van der Waals surface area (Å²) in [6.07, 6.45) is -0.586. The predicted molar refractivity (Wildman–Crippen MR) is 49.8 cm³/mol. The lowest BCUT2D eigenvalue weighted by Gasteiger charge is -2.08. The molecule has 1 aromatic carbocycles. The molecule has 1 aromatic rings. The number of hydrogen-bond donors (Lipinski definition) is 4. The molecule has 13 heavy (non-hydrogen) atoms. The maximum absolute atomic E-state index is 9.12. The Morgan fingerprint density at radius 2 is 2.23 bits per heavy atom. The van der Waals surface area contributed by atoms with E-state index in [9.17, 15) is 0 Å². The number of phenolic OH excluding ortho intramolecular Hbond substituents is 1. The fraction of sp³-hybridized carbons (Fsp3) is 0.333. The van der Waals surface area contributed by atoms with Crippen LogP contribution in [0.4, 0.5) is 0 Å². The van der Waals surface area contributed by atoms with Crippen LogP contribution in [0.5, 0.6) is 5.75 Å². The number of hydrogen-bond acceptors (Lipinski definition) is 4. The Bertz CT molecular complexity index is 264. The molecule has 0 spiro atoms. The zero-order valence-corrected chi connectivity index (χ0v) is 7.49. The summed E-state index contributed by atoms with van der Waals surface area (Å²) in [5.74, 6) is 0.247. The molecule has 4 N–H and O–H groups in total. The van der Waals surface area contributed by atoms with Gasteiger partial charge < -0.3 is 10.2 Å². The van der Waals surface area contributed by atoms with Crippen molar-refractivity contribution in [3.8, 4) is 5.75 Å². The smallest absolute Gasteiger partial charge is 0.115 e. The zero-order chi connectivity index (χ0) is 9.68. The van der Waals surface area contributed by atoms with Crippen molar-refractivity contribution in [3.05, 3.63) is 29.8 Å². The summed E-state index contributed by atoms with van der Waals surface area (Å²) in [6.45, 7) is 2.18. The minimum atomic E-state index is -0.586. The number of aromatic hydroxyl groups is 1. The molecule has 0 amide bonds. The Labute approximate surface area is 77.2 Å². The standard InChI is InChI=1S/C9H14N2O2/c1-7(12)11-10-6-8-3-2-4-9(13)5-8/h2-5,7,10-13H,6H2,1H3. The van der Waals surface area contributed by atoms with Crippen LogP contribution in [-0.2, 0) is 6.54 Å². The Hall–Kier alpha value is -1.10. The summed E-state index contributed by atoms with van der Waals surface area (Å²) in [6, 6.07) is 6.94. The quantitative estimate of drug-likeness (QED) is 0.400. The Balaban J connectivity index is 2.37. The van der Waals surface area contributed by atoms with Gasteiger partial charge in [0.15, 0.2) is 0 Å². The van der Waals surface area contributed by atoms with Crippen molar-refractivity contribution in [2.45, 2.75) is 19.7 Å². The molecule has 4 heteroatoms. The van der Waals surface area contributed by atoms with Crippen molar-refractivity contribution in [1.82, 2.24) is 10.9 Å². The van der Waals surface area contributed by atoms with E-state index >= 15 is 0 Å². The molecular formula is C9H14N2O2. The summed E-state index contributed by atoms with van der Waals surface area (Å²) in [5, 5.41) is 18.0. The first-order valence-electron chi connectivity index (χ1n) is 4.13. The molecule has 0 aromatic heterocycles. The van der Waals surface area contributed by atoms with Gasteiger partial charge in [-0.05, 0) is 24.6 Å². The molecule has 0 bridgehead atoms. The van der Waals surface area contributed by atoms with Crippen LogP contribution in [-0.4, -0.2) is 16.4 Å². The van der Waals surface area contributed by atoms with Crippen LogP contribution in [0, 0.1) is 0 Å². The topological polar surface area (TPSA) is 64.5 Å². The molecule has 0 saturated heterocycles. The van der Waals surface area contributed by atoms with Gasteiger partial charge in [-0.15, -0.1) is 0 Å². The van der Waals surface area contributed by atoms with Crippen molar-refractivity contribution >= 4 is 0 Å². The zero-order valence-electron chi connectivity index (χ0n) is 7.49. The Morgan fingerprint density at radius 1 is 1.46 bits per heavy atom. The maximum atomic E-state index is 9.12. The normalized spacial score (nSPS) is 12.8. The largest absolute Gasteiger partial charge is 0.508 e. The number of aliphatic hydroxyl groups is 1. The lowest BCUT2D eigenvalue weighted by molar-refractivity contribution is 0.136. The third-order valence-electron chi connectivity index (χ3n) is 1.51. The second-order valence-electron chi connectivity index (χ2n) is 2.84. The highest BCUT2D eigenvalue weighted by Gasteiger charge is 1.95. The second kappa shape index (κ2) is 4.81. The van der Waals surface area contributed by atoms with Crippen molar-refractivity contribution in [2.75, 3.05) is 0 Å². The number of nitrogens with one attached hydrogen (secondary N) is 2. The highest BCUT2D eigenvalue weighted by atomic mass is 16.3. The first kappa shape index (κ1) is 9.98. The average Bonchev–Trinajstić information content (AvgIpc) is 2.03. The highest BCUT2D eigenvalue weighted by Crippen LogP contribution is 2.09. The van der Waals surface area contributed by atoms with E-state index in [0.29, 0.717) is 6.54 Å². The summed E-state index contributed by atoms with van der Waals surface area (Å²) < 4.78 is 0. The van der Waals surface area contributed by atoms with Crippen LogP contribution in [0.1, 0.15) is 12.5 Å². The molecule has 4 nitrogen and oxygen atoms in total. The Kier molecular flexibility index (Phi) is 3.70. The van der Waals surface area contributed by atoms with Crippen LogP contribution >= 0.6 is 0 Å². The van der Waals surface area contributed by atoms with Gasteiger partial charge in [-0.3, -0.25) is 5.43 Å². The molecular weight excluding hydrogens is 168 g/mol. The highest BCUT2D eigenvalue weighted by molar-refractivity contribution is 5.26. The molecule has 0 fully saturated rings. The van der Waals surface area contributed by atoms with Crippen molar-refractivity contribution in [1.29, 1.82) is 0 Å². The van der Waals surface area contributed by atoms with Gasteiger partial charge in [0.2, 0.25) is 0 Å². The van der Waals surface area contributed by atoms with Crippen molar-refractivity contribution < 1.29 is 10.2 Å². The fourth-order valence-electron chi connectivity index (χ4n) is 0.967. The summed E-state index contributed by atoms with van der Waals surface area (Å²) in [7, 11) is 0. The first-order chi connectivity index (χ1) is 6.18. The molecule has 72 valence electrons. The van der Waals surface area contributed by atoms with Crippen molar-refractivity contribution in [3.63, 3.8) is 0 Å². The molecule has 1 atom stereocenters. The number of rotatable bonds is 4. The van der Waals surface area contributed by atoms with E-state index in [2.05, 4.69) is 10.9 Å².